The van der Waals surface area contributed by atoms with Gasteiger partial charge in [0.15, 0.2) is 0 Å². The van der Waals surface area contributed by atoms with Gasteiger partial charge in [-0.3, -0.25) is 0 Å². The molecule has 0 aromatic carbocycles. The van der Waals surface area contributed by atoms with Crippen molar-refractivity contribution in [1.29, 1.82) is 0 Å². The molecule has 0 atom stereocenters. The Balaban J connectivity index is 0.000000561. The van der Waals surface area contributed by atoms with Crippen LogP contribution in [0.3, 0.4) is 0 Å². The third-order valence-corrected chi connectivity index (χ3v) is 1.80. The largest absolute Gasteiger partial charge is 0.189 e. The van der Waals surface area contributed by atoms with Crippen LogP contribution in [0.5, 0.6) is 0 Å². The Bertz CT molecular complexity index is 159. The highest BCUT2D eigenvalue weighted by atomic mass is 15.6. The number of nitrogens with zero attached hydrogens (tertiary/aromatic N) is 3. The summed E-state index contributed by atoms with van der Waals surface area (Å²) in [6.07, 6.45) is 4.91. The Morgan fingerprint density at radius 1 is 1.25 bits per heavy atom. The summed E-state index contributed by atoms with van der Waals surface area (Å²) in [6.45, 7) is 8.25. The van der Waals surface area contributed by atoms with Gasteiger partial charge in [-0.2, -0.15) is 15.3 Å². The van der Waals surface area contributed by atoms with E-state index < -0.39 is 0 Å². The molecule has 1 aliphatic heterocycles. The van der Waals surface area contributed by atoms with Gasteiger partial charge in [0.05, 0.1) is 0 Å². The van der Waals surface area contributed by atoms with Gasteiger partial charge >= 0.3 is 0 Å². The van der Waals surface area contributed by atoms with Gasteiger partial charge < -0.3 is 0 Å². The van der Waals surface area contributed by atoms with Gasteiger partial charge in [-0.25, -0.2) is 0 Å². The lowest BCUT2D eigenvalue weighted by atomic mass is 9.91. The molecule has 3 nitrogen and oxygen atoms in total. The number of hydrazone groups is 2. The number of rotatable bonds is 1. The molecule has 0 aliphatic carbocycles. The predicted molar refractivity (Wildman–Crippen MR) is 54.5 cm³/mol. The minimum Gasteiger partial charge on any atom is -0.189 e. The lowest BCUT2D eigenvalue weighted by Crippen LogP contribution is -2.25. The minimum atomic E-state index is 0.0759. The second-order valence-electron chi connectivity index (χ2n) is 2.84. The minimum absolute atomic E-state index is 0.0759. The molecule has 0 aromatic rings. The topological polar surface area (TPSA) is 28.0 Å². The first-order valence-electron chi connectivity index (χ1n) is 4.50. The van der Waals surface area contributed by atoms with Crippen molar-refractivity contribution in [3.8, 4) is 0 Å². The maximum absolute atomic E-state index is 4.06. The van der Waals surface area contributed by atoms with Crippen LogP contribution >= 0.6 is 0 Å². The summed E-state index contributed by atoms with van der Waals surface area (Å²) in [5.74, 6) is 0. The van der Waals surface area contributed by atoms with Gasteiger partial charge in [0.2, 0.25) is 0 Å². The maximum atomic E-state index is 4.06. The van der Waals surface area contributed by atoms with E-state index in [-0.39, 0.29) is 5.41 Å². The molecule has 0 aromatic heterocycles. The normalized spacial score (nSPS) is 18.6. The second-order valence-corrected chi connectivity index (χ2v) is 2.84. The van der Waals surface area contributed by atoms with Crippen molar-refractivity contribution >= 4 is 12.4 Å². The fourth-order valence-corrected chi connectivity index (χ4v) is 0.677. The molecule has 70 valence electrons. The SMILES string of the molecule is CC.CCC1(C)C=NN(C)N=C1. The van der Waals surface area contributed by atoms with E-state index in [1.54, 1.807) is 5.12 Å². The summed E-state index contributed by atoms with van der Waals surface area (Å²) >= 11 is 0. The van der Waals surface area contributed by atoms with Crippen LogP contribution in [0.2, 0.25) is 0 Å². The summed E-state index contributed by atoms with van der Waals surface area (Å²) in [4.78, 5) is 0. The van der Waals surface area contributed by atoms with Crippen molar-refractivity contribution in [2.24, 2.45) is 15.6 Å². The lowest BCUT2D eigenvalue weighted by Gasteiger charge is -2.22. The lowest BCUT2D eigenvalue weighted by molar-refractivity contribution is 0.360. The third-order valence-electron chi connectivity index (χ3n) is 1.80. The number of hydrogen-bond donors (Lipinski definition) is 0. The summed E-state index contributed by atoms with van der Waals surface area (Å²) < 4.78 is 0. The van der Waals surface area contributed by atoms with Crippen molar-refractivity contribution in [2.45, 2.75) is 34.1 Å². The van der Waals surface area contributed by atoms with E-state index in [1.807, 2.05) is 33.3 Å². The van der Waals surface area contributed by atoms with Gasteiger partial charge in [0, 0.05) is 24.9 Å². The van der Waals surface area contributed by atoms with E-state index in [4.69, 9.17) is 0 Å². The number of hydrogen-bond acceptors (Lipinski definition) is 3. The van der Waals surface area contributed by atoms with Crippen LogP contribution in [-0.2, 0) is 0 Å². The van der Waals surface area contributed by atoms with Gasteiger partial charge in [0.25, 0.3) is 0 Å². The van der Waals surface area contributed by atoms with E-state index in [0.29, 0.717) is 0 Å². The Morgan fingerprint density at radius 3 is 2.00 bits per heavy atom. The molecule has 0 bridgehead atoms. The Hall–Kier alpha value is -0.860. The van der Waals surface area contributed by atoms with E-state index in [1.165, 1.54) is 0 Å². The van der Waals surface area contributed by atoms with Crippen molar-refractivity contribution in [1.82, 2.24) is 5.12 Å². The zero-order chi connectivity index (χ0) is 9.61. The Morgan fingerprint density at radius 2 is 1.67 bits per heavy atom. The molecule has 0 saturated carbocycles. The Kier molecular flexibility index (Phi) is 4.55. The summed E-state index contributed by atoms with van der Waals surface area (Å²) in [5, 5.41) is 9.70. The Labute approximate surface area is 75.1 Å². The average Bonchev–Trinajstić information content (AvgIpc) is 2.14. The van der Waals surface area contributed by atoms with Gasteiger partial charge in [-0.1, -0.05) is 20.8 Å². The van der Waals surface area contributed by atoms with Crippen LogP contribution in [0.15, 0.2) is 10.2 Å². The first-order valence-corrected chi connectivity index (χ1v) is 4.50. The highest BCUT2D eigenvalue weighted by Crippen LogP contribution is 2.17. The van der Waals surface area contributed by atoms with Crippen LogP contribution in [0.4, 0.5) is 0 Å². The van der Waals surface area contributed by atoms with E-state index in [0.717, 1.165) is 6.42 Å². The zero-order valence-electron chi connectivity index (χ0n) is 8.70. The summed E-state index contributed by atoms with van der Waals surface area (Å²) in [5.41, 5.74) is 0.0759. The molecular weight excluding hydrogens is 150 g/mol. The molecule has 0 N–H and O–H groups in total. The summed E-state index contributed by atoms with van der Waals surface area (Å²) in [7, 11) is 1.82. The first-order chi connectivity index (χ1) is 5.66. The van der Waals surface area contributed by atoms with Crippen molar-refractivity contribution in [2.75, 3.05) is 7.05 Å². The monoisotopic (exact) mass is 169 g/mol. The van der Waals surface area contributed by atoms with Gasteiger partial charge in [-0.15, -0.1) is 0 Å². The predicted octanol–water partition coefficient (Wildman–Crippen LogP) is 2.35. The highest BCUT2D eigenvalue weighted by molar-refractivity contribution is 5.89. The van der Waals surface area contributed by atoms with Crippen LogP contribution < -0.4 is 0 Å². The molecule has 0 saturated heterocycles. The highest BCUT2D eigenvalue weighted by Gasteiger charge is 2.19. The molecule has 1 aliphatic rings. The molecule has 3 heteroatoms. The third kappa shape index (κ3) is 3.03. The molecule has 0 spiro atoms. The van der Waals surface area contributed by atoms with Crippen molar-refractivity contribution in [3.05, 3.63) is 0 Å². The average molecular weight is 169 g/mol. The fourth-order valence-electron chi connectivity index (χ4n) is 0.677. The van der Waals surface area contributed by atoms with Gasteiger partial charge in [-0.05, 0) is 13.3 Å². The van der Waals surface area contributed by atoms with Crippen LogP contribution in [0, 0.1) is 5.41 Å². The van der Waals surface area contributed by atoms with Crippen molar-refractivity contribution < 1.29 is 0 Å². The zero-order valence-corrected chi connectivity index (χ0v) is 8.70. The van der Waals surface area contributed by atoms with Gasteiger partial charge in [0.1, 0.15) is 0 Å². The van der Waals surface area contributed by atoms with Crippen molar-refractivity contribution in [3.63, 3.8) is 0 Å². The van der Waals surface area contributed by atoms with E-state index in [2.05, 4.69) is 24.1 Å². The molecule has 0 radical (unpaired) electrons. The van der Waals surface area contributed by atoms with E-state index >= 15 is 0 Å². The standard InChI is InChI=1S/C7H13N3.C2H6/c1-4-7(2)5-8-10(3)9-6-7;1-2/h5-6H,4H2,1-3H3;1-2H3. The van der Waals surface area contributed by atoms with Crippen LogP contribution in [0.25, 0.3) is 0 Å². The molecule has 0 unspecified atom stereocenters. The summed E-state index contributed by atoms with van der Waals surface area (Å²) in [6, 6.07) is 0. The first kappa shape index (κ1) is 11.1. The molecule has 0 amide bonds. The van der Waals surface area contributed by atoms with E-state index in [9.17, 15) is 0 Å². The van der Waals surface area contributed by atoms with Crippen LogP contribution in [0.1, 0.15) is 34.1 Å². The molecule has 0 fully saturated rings. The van der Waals surface area contributed by atoms with Crippen LogP contribution in [-0.4, -0.2) is 24.6 Å². The second kappa shape index (κ2) is 4.91. The fraction of sp³-hybridized carbons (Fsp3) is 0.778. The quantitative estimate of drug-likeness (QED) is 0.592. The molecular formula is C9H19N3. The molecule has 1 rings (SSSR count). The molecule has 1 heterocycles. The maximum Gasteiger partial charge on any atom is 0.0495 e. The smallest absolute Gasteiger partial charge is 0.0495 e. The molecule has 12 heavy (non-hydrogen) atoms.